The molecular formula is C31H37N9O3. The number of likely N-dealkylation sites (N-methyl/N-ethyl adjacent to an activating group) is 2. The van der Waals surface area contributed by atoms with Crippen molar-refractivity contribution >= 4 is 46.3 Å². The van der Waals surface area contributed by atoms with Crippen LogP contribution in [0.2, 0.25) is 0 Å². The Labute approximate surface area is 252 Å². The van der Waals surface area contributed by atoms with Gasteiger partial charge in [0, 0.05) is 45.0 Å². The van der Waals surface area contributed by atoms with Crippen molar-refractivity contribution in [2.45, 2.75) is 12.8 Å². The largest absolute Gasteiger partial charge is 0.494 e. The van der Waals surface area contributed by atoms with Crippen LogP contribution in [0.25, 0.3) is 0 Å². The van der Waals surface area contributed by atoms with E-state index in [1.54, 1.807) is 44.5 Å². The molecule has 3 aromatic rings. The van der Waals surface area contributed by atoms with E-state index in [0.29, 0.717) is 41.0 Å². The van der Waals surface area contributed by atoms with Gasteiger partial charge in [-0.3, -0.25) is 9.69 Å². The fraction of sp³-hybridized carbons (Fsp3) is 0.323. The Hall–Kier alpha value is -5.15. The van der Waals surface area contributed by atoms with Gasteiger partial charge >= 0.3 is 6.03 Å². The SMILES string of the molecule is COc1cc(N(C)CCN(C)C)c(NC(=O)/C(C#N)=C/C2CC2)cc1Nc1cc(N(C)C(=O)Nc2ccccc2)ncn1. The molecule has 43 heavy (non-hydrogen) atoms. The van der Waals surface area contributed by atoms with Gasteiger partial charge in [0.05, 0.1) is 24.2 Å². The van der Waals surface area contributed by atoms with Crippen molar-refractivity contribution in [3.63, 3.8) is 0 Å². The van der Waals surface area contributed by atoms with Crippen LogP contribution in [0.5, 0.6) is 5.75 Å². The number of hydrogen-bond acceptors (Lipinski definition) is 9. The lowest BCUT2D eigenvalue weighted by Gasteiger charge is -2.26. The number of anilines is 6. The summed E-state index contributed by atoms with van der Waals surface area (Å²) >= 11 is 0. The van der Waals surface area contributed by atoms with Crippen LogP contribution in [-0.2, 0) is 4.79 Å². The van der Waals surface area contributed by atoms with Gasteiger partial charge in [0.25, 0.3) is 5.91 Å². The maximum absolute atomic E-state index is 13.1. The van der Waals surface area contributed by atoms with E-state index in [1.165, 1.54) is 11.2 Å². The van der Waals surface area contributed by atoms with E-state index in [-0.39, 0.29) is 17.5 Å². The summed E-state index contributed by atoms with van der Waals surface area (Å²) in [5.74, 6) is 1.08. The molecule has 12 nitrogen and oxygen atoms in total. The fourth-order valence-corrected chi connectivity index (χ4v) is 4.14. The first kappa shape index (κ1) is 30.8. The molecule has 0 aliphatic heterocycles. The number of nitriles is 1. The van der Waals surface area contributed by atoms with Gasteiger partial charge < -0.3 is 30.5 Å². The van der Waals surface area contributed by atoms with E-state index in [0.717, 1.165) is 25.1 Å². The van der Waals surface area contributed by atoms with Gasteiger partial charge in [0.1, 0.15) is 35.4 Å². The number of carbonyl (C=O) groups excluding carboxylic acids is 2. The molecule has 1 aliphatic carbocycles. The van der Waals surface area contributed by atoms with E-state index in [9.17, 15) is 14.9 Å². The summed E-state index contributed by atoms with van der Waals surface area (Å²) in [7, 11) is 9.08. The first-order valence-corrected chi connectivity index (χ1v) is 13.9. The van der Waals surface area contributed by atoms with Gasteiger partial charge in [-0.05, 0) is 51.1 Å². The number of hydrogen-bond donors (Lipinski definition) is 3. The van der Waals surface area contributed by atoms with Crippen molar-refractivity contribution in [2.75, 3.05) is 74.1 Å². The topological polar surface area (TPSA) is 139 Å². The molecule has 1 aromatic heterocycles. The molecule has 3 amide bonds. The zero-order chi connectivity index (χ0) is 30.9. The van der Waals surface area contributed by atoms with Crippen LogP contribution >= 0.6 is 0 Å². The van der Waals surface area contributed by atoms with Crippen molar-refractivity contribution in [3.8, 4) is 11.8 Å². The minimum atomic E-state index is -0.469. The van der Waals surface area contributed by atoms with Gasteiger partial charge in [-0.2, -0.15) is 5.26 Å². The molecule has 1 fully saturated rings. The molecule has 1 aliphatic rings. The Morgan fingerprint density at radius 3 is 2.42 bits per heavy atom. The Morgan fingerprint density at radius 2 is 1.77 bits per heavy atom. The zero-order valence-electron chi connectivity index (χ0n) is 25.1. The lowest BCUT2D eigenvalue weighted by molar-refractivity contribution is -0.112. The van der Waals surface area contributed by atoms with E-state index < -0.39 is 5.91 Å². The molecule has 0 bridgehead atoms. The number of methoxy groups -OCH3 is 1. The summed E-state index contributed by atoms with van der Waals surface area (Å²) < 4.78 is 5.71. The first-order chi connectivity index (χ1) is 20.7. The third-order valence-electron chi connectivity index (χ3n) is 6.84. The van der Waals surface area contributed by atoms with Crippen LogP contribution in [-0.4, -0.2) is 75.2 Å². The molecule has 0 atom stereocenters. The molecule has 224 valence electrons. The number of allylic oxidation sites excluding steroid dienone is 1. The van der Waals surface area contributed by atoms with Crippen LogP contribution in [0.1, 0.15) is 12.8 Å². The second-order valence-corrected chi connectivity index (χ2v) is 10.5. The summed E-state index contributed by atoms with van der Waals surface area (Å²) in [5, 5.41) is 18.6. The minimum Gasteiger partial charge on any atom is -0.494 e. The van der Waals surface area contributed by atoms with Crippen LogP contribution < -0.4 is 30.5 Å². The molecule has 4 rings (SSSR count). The van der Waals surface area contributed by atoms with Gasteiger partial charge in [-0.25, -0.2) is 14.8 Å². The second kappa shape index (κ2) is 14.2. The number of amides is 3. The average molecular weight is 584 g/mol. The first-order valence-electron chi connectivity index (χ1n) is 13.9. The molecule has 0 spiro atoms. The van der Waals surface area contributed by atoms with Gasteiger partial charge in [0.15, 0.2) is 0 Å². The number of para-hydroxylation sites is 1. The maximum atomic E-state index is 13.1. The highest BCUT2D eigenvalue weighted by molar-refractivity contribution is 6.08. The quantitative estimate of drug-likeness (QED) is 0.205. The molecule has 3 N–H and O–H groups in total. The number of ether oxygens (including phenoxy) is 1. The monoisotopic (exact) mass is 583 g/mol. The van der Waals surface area contributed by atoms with Crippen molar-refractivity contribution < 1.29 is 14.3 Å². The predicted octanol–water partition coefficient (Wildman–Crippen LogP) is 4.69. The van der Waals surface area contributed by atoms with Crippen LogP contribution in [0.4, 0.5) is 39.2 Å². The second-order valence-electron chi connectivity index (χ2n) is 10.5. The molecule has 0 unspecified atom stereocenters. The van der Waals surface area contributed by atoms with Crippen LogP contribution in [0.3, 0.4) is 0 Å². The van der Waals surface area contributed by atoms with Crippen LogP contribution in [0, 0.1) is 17.2 Å². The summed E-state index contributed by atoms with van der Waals surface area (Å²) in [5.41, 5.74) is 2.50. The number of aromatic nitrogens is 2. The number of nitrogens with one attached hydrogen (secondary N) is 3. The lowest BCUT2D eigenvalue weighted by Crippen LogP contribution is -2.31. The Bertz CT molecular complexity index is 1510. The molecule has 0 saturated heterocycles. The number of carbonyl (C=O) groups is 2. The maximum Gasteiger partial charge on any atom is 0.327 e. The number of urea groups is 1. The normalized spacial score (nSPS) is 12.7. The third kappa shape index (κ3) is 8.43. The molecule has 2 aromatic carbocycles. The van der Waals surface area contributed by atoms with Crippen molar-refractivity contribution in [2.24, 2.45) is 5.92 Å². The van der Waals surface area contributed by atoms with Crippen molar-refractivity contribution in [1.82, 2.24) is 14.9 Å². The van der Waals surface area contributed by atoms with E-state index in [2.05, 4.69) is 30.8 Å². The summed E-state index contributed by atoms with van der Waals surface area (Å²) in [4.78, 5) is 40.0. The molecular weight excluding hydrogens is 546 g/mol. The minimum absolute atomic E-state index is 0.0898. The average Bonchev–Trinajstić information content (AvgIpc) is 3.83. The molecule has 0 radical (unpaired) electrons. The fourth-order valence-electron chi connectivity index (χ4n) is 4.14. The smallest absolute Gasteiger partial charge is 0.327 e. The highest BCUT2D eigenvalue weighted by atomic mass is 16.5. The van der Waals surface area contributed by atoms with Crippen molar-refractivity contribution in [3.05, 3.63) is 66.5 Å². The van der Waals surface area contributed by atoms with Gasteiger partial charge in [0.2, 0.25) is 0 Å². The Kier molecular flexibility index (Phi) is 10.1. The highest BCUT2D eigenvalue weighted by Crippen LogP contribution is 2.38. The number of nitrogens with zero attached hydrogens (tertiary/aromatic N) is 6. The summed E-state index contributed by atoms with van der Waals surface area (Å²) in [6.45, 7) is 1.47. The molecule has 1 saturated carbocycles. The number of rotatable bonds is 12. The van der Waals surface area contributed by atoms with Crippen LogP contribution in [0.15, 0.2) is 66.5 Å². The number of benzene rings is 2. The molecule has 1 heterocycles. The lowest BCUT2D eigenvalue weighted by atomic mass is 10.1. The highest BCUT2D eigenvalue weighted by Gasteiger charge is 2.23. The van der Waals surface area contributed by atoms with Gasteiger partial charge in [-0.1, -0.05) is 24.3 Å². The van der Waals surface area contributed by atoms with E-state index in [1.807, 2.05) is 56.4 Å². The van der Waals surface area contributed by atoms with E-state index >= 15 is 0 Å². The standard InChI is InChI=1S/C31H37N9O3/c1-38(2)13-14-39(3)26-17-27(43-5)25(16-24(26)37-30(41)22(19-32)15-21-11-12-21)36-28-18-29(34-20-33-28)40(4)31(42)35-23-9-7-6-8-10-23/h6-10,15-18,20-21H,11-14H2,1-5H3,(H,35,42)(H,37,41)(H,33,34,36)/b22-15+. The third-order valence-corrected chi connectivity index (χ3v) is 6.84. The van der Waals surface area contributed by atoms with Gasteiger partial charge in [-0.15, -0.1) is 0 Å². The zero-order valence-corrected chi connectivity index (χ0v) is 25.1. The predicted molar refractivity (Wildman–Crippen MR) is 169 cm³/mol. The summed E-state index contributed by atoms with van der Waals surface area (Å²) in [6.07, 6.45) is 5.06. The Morgan fingerprint density at radius 1 is 1.02 bits per heavy atom. The molecule has 12 heteroatoms. The Balaban J connectivity index is 1.62. The van der Waals surface area contributed by atoms with E-state index in [4.69, 9.17) is 4.74 Å². The summed E-state index contributed by atoms with van der Waals surface area (Å²) in [6, 6.07) is 16.0. The van der Waals surface area contributed by atoms with Crippen molar-refractivity contribution in [1.29, 1.82) is 5.26 Å².